The van der Waals surface area contributed by atoms with Gasteiger partial charge in [0.2, 0.25) is 11.8 Å². The molecule has 2 amide bonds. The third-order valence-electron chi connectivity index (χ3n) is 4.02. The molecule has 4 N–H and O–H groups in total. The highest BCUT2D eigenvalue weighted by Gasteiger charge is 2.27. The van der Waals surface area contributed by atoms with Crippen LogP contribution in [0.2, 0.25) is 0 Å². The summed E-state index contributed by atoms with van der Waals surface area (Å²) in [6.07, 6.45) is 3.17. The van der Waals surface area contributed by atoms with E-state index in [2.05, 4.69) is 15.8 Å². The number of anilines is 1. The Morgan fingerprint density at radius 2 is 2.25 bits per heavy atom. The summed E-state index contributed by atoms with van der Waals surface area (Å²) < 4.78 is 4.89. The van der Waals surface area contributed by atoms with Gasteiger partial charge >= 0.3 is 0 Å². The standard InChI is InChI=1S/C15H24N4O3S.ClH/c1-9-6-13(19-22-9)18-15(21)10(2)23-8-14(20)17-12-5-3-4-11(12)7-16;/h6,10-12H,3-5,7-8,16H2,1-2H3,(H,17,20)(H,18,19,21);1H. The number of hydrogen-bond acceptors (Lipinski definition) is 6. The number of nitrogens with zero attached hydrogens (tertiary/aromatic N) is 1. The van der Waals surface area contributed by atoms with Crippen LogP contribution in [0.15, 0.2) is 10.6 Å². The second kappa shape index (κ2) is 9.90. The summed E-state index contributed by atoms with van der Waals surface area (Å²) in [6, 6.07) is 1.82. The molecule has 1 saturated carbocycles. The fourth-order valence-corrected chi connectivity index (χ4v) is 3.38. The van der Waals surface area contributed by atoms with Crippen LogP contribution in [0.25, 0.3) is 0 Å². The van der Waals surface area contributed by atoms with Gasteiger partial charge in [0, 0.05) is 12.1 Å². The van der Waals surface area contributed by atoms with E-state index in [0.29, 0.717) is 24.0 Å². The highest BCUT2D eigenvalue weighted by atomic mass is 35.5. The zero-order valence-electron chi connectivity index (χ0n) is 13.9. The molecule has 9 heteroatoms. The molecule has 1 aromatic heterocycles. The SMILES string of the molecule is Cc1cc(NC(=O)C(C)SCC(=O)NC2CCCC2CN)no1.Cl. The summed E-state index contributed by atoms with van der Waals surface area (Å²) in [7, 11) is 0. The fraction of sp³-hybridized carbons (Fsp3) is 0.667. The first-order chi connectivity index (χ1) is 11.0. The van der Waals surface area contributed by atoms with Crippen molar-refractivity contribution in [1.82, 2.24) is 10.5 Å². The molecule has 1 aromatic rings. The normalized spacial score (nSPS) is 21.0. The number of halogens is 1. The number of aryl methyl sites for hydroxylation is 1. The van der Waals surface area contributed by atoms with Gasteiger partial charge in [-0.3, -0.25) is 9.59 Å². The van der Waals surface area contributed by atoms with Crippen molar-refractivity contribution in [2.45, 2.75) is 44.4 Å². The first-order valence-corrected chi connectivity index (χ1v) is 8.89. The van der Waals surface area contributed by atoms with Gasteiger partial charge in [-0.15, -0.1) is 24.2 Å². The molecule has 24 heavy (non-hydrogen) atoms. The van der Waals surface area contributed by atoms with Crippen molar-refractivity contribution in [1.29, 1.82) is 0 Å². The molecular weight excluding hydrogens is 352 g/mol. The lowest BCUT2D eigenvalue weighted by molar-refractivity contribution is -0.119. The van der Waals surface area contributed by atoms with E-state index in [1.54, 1.807) is 19.9 Å². The highest BCUT2D eigenvalue weighted by Crippen LogP contribution is 2.24. The van der Waals surface area contributed by atoms with Crippen LogP contribution >= 0.6 is 24.2 Å². The molecule has 3 atom stereocenters. The van der Waals surface area contributed by atoms with Crippen LogP contribution in [-0.4, -0.2) is 40.6 Å². The molecule has 136 valence electrons. The summed E-state index contributed by atoms with van der Waals surface area (Å²) in [5.74, 6) is 1.40. The molecule has 3 unspecified atom stereocenters. The quantitative estimate of drug-likeness (QED) is 0.668. The van der Waals surface area contributed by atoms with Crippen molar-refractivity contribution < 1.29 is 14.1 Å². The fourth-order valence-electron chi connectivity index (χ4n) is 2.69. The second-order valence-corrected chi connectivity index (χ2v) is 7.20. The van der Waals surface area contributed by atoms with Gasteiger partial charge in [0.25, 0.3) is 0 Å². The minimum Gasteiger partial charge on any atom is -0.360 e. The van der Waals surface area contributed by atoms with Gasteiger partial charge in [0.1, 0.15) is 5.76 Å². The van der Waals surface area contributed by atoms with Gasteiger partial charge in [0.15, 0.2) is 5.82 Å². The number of carbonyl (C=O) groups is 2. The smallest absolute Gasteiger partial charge is 0.238 e. The average molecular weight is 377 g/mol. The minimum atomic E-state index is -0.355. The van der Waals surface area contributed by atoms with Crippen molar-refractivity contribution in [3.05, 3.63) is 11.8 Å². The molecule has 0 bridgehead atoms. The largest absolute Gasteiger partial charge is 0.360 e. The van der Waals surface area contributed by atoms with Crippen molar-refractivity contribution in [2.24, 2.45) is 11.7 Å². The molecule has 0 aliphatic heterocycles. The number of amides is 2. The maximum atomic E-state index is 12.0. The summed E-state index contributed by atoms with van der Waals surface area (Å²) in [6.45, 7) is 4.12. The number of carbonyl (C=O) groups excluding carboxylic acids is 2. The van der Waals surface area contributed by atoms with Crippen LogP contribution in [0, 0.1) is 12.8 Å². The van der Waals surface area contributed by atoms with Gasteiger partial charge in [-0.1, -0.05) is 11.6 Å². The Morgan fingerprint density at radius 1 is 1.50 bits per heavy atom. The van der Waals surface area contributed by atoms with Crippen molar-refractivity contribution in [3.8, 4) is 0 Å². The summed E-state index contributed by atoms with van der Waals surface area (Å²) in [5.41, 5.74) is 5.71. The van der Waals surface area contributed by atoms with Gasteiger partial charge < -0.3 is 20.9 Å². The van der Waals surface area contributed by atoms with E-state index in [1.807, 2.05) is 0 Å². The zero-order chi connectivity index (χ0) is 16.8. The molecule has 0 radical (unpaired) electrons. The first-order valence-electron chi connectivity index (χ1n) is 7.84. The van der Waals surface area contributed by atoms with Crippen LogP contribution in [0.5, 0.6) is 0 Å². The van der Waals surface area contributed by atoms with Gasteiger partial charge in [-0.25, -0.2) is 0 Å². The maximum Gasteiger partial charge on any atom is 0.238 e. The predicted octanol–water partition coefficient (Wildman–Crippen LogP) is 1.71. The Kier molecular flexibility index (Phi) is 8.58. The van der Waals surface area contributed by atoms with Crippen LogP contribution in [0.4, 0.5) is 5.82 Å². The highest BCUT2D eigenvalue weighted by molar-refractivity contribution is 8.01. The molecule has 1 aliphatic rings. The monoisotopic (exact) mass is 376 g/mol. The van der Waals surface area contributed by atoms with Crippen molar-refractivity contribution >= 4 is 41.8 Å². The van der Waals surface area contributed by atoms with E-state index in [0.717, 1.165) is 19.3 Å². The summed E-state index contributed by atoms with van der Waals surface area (Å²) in [4.78, 5) is 24.0. The van der Waals surface area contributed by atoms with E-state index in [1.165, 1.54) is 11.8 Å². The molecule has 2 rings (SSSR count). The van der Waals surface area contributed by atoms with E-state index in [4.69, 9.17) is 10.3 Å². The molecule has 0 spiro atoms. The Labute approximate surface area is 152 Å². The Balaban J connectivity index is 0.00000288. The number of nitrogens with two attached hydrogens (primary N) is 1. The summed E-state index contributed by atoms with van der Waals surface area (Å²) in [5, 5.41) is 9.05. The van der Waals surface area contributed by atoms with E-state index >= 15 is 0 Å². The number of thioether (sulfide) groups is 1. The number of aromatic nitrogens is 1. The molecule has 1 heterocycles. The van der Waals surface area contributed by atoms with E-state index in [9.17, 15) is 9.59 Å². The Morgan fingerprint density at radius 3 is 2.88 bits per heavy atom. The molecular formula is C15H25ClN4O3S. The topological polar surface area (TPSA) is 110 Å². The maximum absolute atomic E-state index is 12.0. The zero-order valence-corrected chi connectivity index (χ0v) is 15.5. The van der Waals surface area contributed by atoms with E-state index < -0.39 is 0 Å². The van der Waals surface area contributed by atoms with Crippen LogP contribution < -0.4 is 16.4 Å². The average Bonchev–Trinajstić information content (AvgIpc) is 3.13. The van der Waals surface area contributed by atoms with Gasteiger partial charge in [-0.05, 0) is 39.2 Å². The third kappa shape index (κ3) is 5.99. The molecule has 0 aromatic carbocycles. The lowest BCUT2D eigenvalue weighted by atomic mass is 10.0. The van der Waals surface area contributed by atoms with Gasteiger partial charge in [0.05, 0.1) is 11.0 Å². The molecule has 7 nitrogen and oxygen atoms in total. The summed E-state index contributed by atoms with van der Waals surface area (Å²) >= 11 is 1.30. The first kappa shape index (κ1) is 20.8. The van der Waals surface area contributed by atoms with Crippen LogP contribution in [0.3, 0.4) is 0 Å². The van der Waals surface area contributed by atoms with Crippen LogP contribution in [-0.2, 0) is 9.59 Å². The van der Waals surface area contributed by atoms with Crippen molar-refractivity contribution in [2.75, 3.05) is 17.6 Å². The molecule has 1 aliphatic carbocycles. The molecule has 0 saturated heterocycles. The Bertz CT molecular complexity index is 555. The minimum absolute atomic E-state index is 0. The second-order valence-electron chi connectivity index (χ2n) is 5.87. The lowest BCUT2D eigenvalue weighted by Crippen LogP contribution is -2.41. The lowest BCUT2D eigenvalue weighted by Gasteiger charge is -2.19. The number of rotatable bonds is 7. The van der Waals surface area contributed by atoms with Gasteiger partial charge in [-0.2, -0.15) is 0 Å². The molecule has 1 fully saturated rings. The number of hydrogen-bond donors (Lipinski definition) is 3. The predicted molar refractivity (Wildman–Crippen MR) is 97.4 cm³/mol. The van der Waals surface area contributed by atoms with Crippen LogP contribution in [0.1, 0.15) is 31.9 Å². The van der Waals surface area contributed by atoms with E-state index in [-0.39, 0.29) is 41.3 Å². The Hall–Kier alpha value is -1.25. The van der Waals surface area contributed by atoms with Crippen molar-refractivity contribution in [3.63, 3.8) is 0 Å². The number of nitrogens with one attached hydrogen (secondary N) is 2. The third-order valence-corrected chi connectivity index (χ3v) is 5.16.